The van der Waals surface area contributed by atoms with E-state index in [1.165, 1.54) is 6.07 Å². The smallest absolute Gasteiger partial charge is 0.337 e. The summed E-state index contributed by atoms with van der Waals surface area (Å²) in [4.78, 5) is 10.8. The van der Waals surface area contributed by atoms with Gasteiger partial charge in [-0.2, -0.15) is 0 Å². The van der Waals surface area contributed by atoms with Gasteiger partial charge in [0, 0.05) is 31.2 Å². The fraction of sp³-hybridized carbons (Fsp3) is 0. The Morgan fingerprint density at radius 2 is 1.80 bits per heavy atom. The second kappa shape index (κ2) is 4.90. The van der Waals surface area contributed by atoms with Crippen molar-refractivity contribution in [2.45, 2.75) is 0 Å². The molecule has 0 bridgehead atoms. The molecule has 0 aliphatic rings. The van der Waals surface area contributed by atoms with E-state index in [4.69, 9.17) is 16.7 Å². The van der Waals surface area contributed by atoms with Gasteiger partial charge in [0.2, 0.25) is 0 Å². The van der Waals surface area contributed by atoms with E-state index in [-0.39, 0.29) is 31.4 Å². The summed E-state index contributed by atoms with van der Waals surface area (Å²) in [6.45, 7) is 0. The number of carboxylic acids is 1. The SMILES string of the molecule is O=C(O)c1ccc2ccccc2c1Cl.[In]. The van der Waals surface area contributed by atoms with E-state index >= 15 is 0 Å². The molecule has 73 valence electrons. The molecule has 15 heavy (non-hydrogen) atoms. The number of hydrogen-bond donors (Lipinski definition) is 1. The van der Waals surface area contributed by atoms with Gasteiger partial charge >= 0.3 is 5.97 Å². The molecular formula is C11H7ClInO2. The van der Waals surface area contributed by atoms with Gasteiger partial charge in [-0.05, 0) is 11.5 Å². The van der Waals surface area contributed by atoms with Gasteiger partial charge < -0.3 is 5.11 Å². The number of halogens is 1. The van der Waals surface area contributed by atoms with Gasteiger partial charge in [0.1, 0.15) is 0 Å². The number of benzene rings is 2. The van der Waals surface area contributed by atoms with Crippen LogP contribution in [0.1, 0.15) is 10.4 Å². The van der Waals surface area contributed by atoms with Crippen molar-refractivity contribution in [1.29, 1.82) is 0 Å². The first-order chi connectivity index (χ1) is 6.70. The van der Waals surface area contributed by atoms with E-state index in [9.17, 15) is 4.79 Å². The maximum absolute atomic E-state index is 10.8. The van der Waals surface area contributed by atoms with E-state index < -0.39 is 5.97 Å². The molecule has 1 N–H and O–H groups in total. The Hall–Kier alpha value is -0.670. The van der Waals surface area contributed by atoms with Crippen molar-refractivity contribution in [2.75, 3.05) is 0 Å². The number of rotatable bonds is 1. The average molecular weight is 321 g/mol. The van der Waals surface area contributed by atoms with Crippen LogP contribution in [0, 0.1) is 0 Å². The monoisotopic (exact) mass is 321 g/mol. The summed E-state index contributed by atoms with van der Waals surface area (Å²) in [5.41, 5.74) is 0.144. The Kier molecular flexibility index (Phi) is 4.05. The largest absolute Gasteiger partial charge is 0.478 e. The summed E-state index contributed by atoms with van der Waals surface area (Å²) in [5, 5.41) is 10.9. The molecule has 0 atom stereocenters. The van der Waals surface area contributed by atoms with Crippen LogP contribution in [0.15, 0.2) is 36.4 Å². The van der Waals surface area contributed by atoms with Gasteiger partial charge in [0.15, 0.2) is 0 Å². The van der Waals surface area contributed by atoms with Crippen LogP contribution in [0.4, 0.5) is 0 Å². The van der Waals surface area contributed by atoms with Crippen LogP contribution >= 0.6 is 11.6 Å². The van der Waals surface area contributed by atoms with Crippen LogP contribution in [-0.4, -0.2) is 36.9 Å². The maximum Gasteiger partial charge on any atom is 0.337 e. The number of hydrogen-bond acceptors (Lipinski definition) is 1. The van der Waals surface area contributed by atoms with E-state index in [1.807, 2.05) is 24.3 Å². The number of carbonyl (C=O) groups is 1. The molecule has 2 aromatic rings. The van der Waals surface area contributed by atoms with Crippen molar-refractivity contribution in [2.24, 2.45) is 0 Å². The van der Waals surface area contributed by atoms with Crippen molar-refractivity contribution in [3.05, 3.63) is 47.0 Å². The summed E-state index contributed by atoms with van der Waals surface area (Å²) >= 11 is 5.96. The van der Waals surface area contributed by atoms with E-state index in [1.54, 1.807) is 6.07 Å². The molecule has 4 heteroatoms. The molecule has 0 aromatic heterocycles. The Balaban J connectivity index is 0.00000112. The predicted octanol–water partition coefficient (Wildman–Crippen LogP) is 2.81. The standard InChI is InChI=1S/C11H7ClO2.In/c12-10-8-4-2-1-3-7(8)5-6-9(10)11(13)14;/h1-6H,(H,13,14);. The number of fused-ring (bicyclic) bond motifs is 1. The van der Waals surface area contributed by atoms with Crippen LogP contribution in [0.25, 0.3) is 10.8 Å². The molecule has 0 unspecified atom stereocenters. The van der Waals surface area contributed by atoms with E-state index in [0.29, 0.717) is 5.02 Å². The van der Waals surface area contributed by atoms with Crippen LogP contribution in [0.2, 0.25) is 5.02 Å². The Morgan fingerprint density at radius 3 is 2.47 bits per heavy atom. The molecule has 0 spiro atoms. The van der Waals surface area contributed by atoms with Gasteiger partial charge in [-0.1, -0.05) is 41.9 Å². The van der Waals surface area contributed by atoms with E-state index in [2.05, 4.69) is 0 Å². The van der Waals surface area contributed by atoms with Gasteiger partial charge in [0.05, 0.1) is 10.6 Å². The average Bonchev–Trinajstić information content (AvgIpc) is 2.18. The minimum Gasteiger partial charge on any atom is -0.478 e. The Labute approximate surface area is 111 Å². The first-order valence-corrected chi connectivity index (χ1v) is 4.48. The third-order valence-corrected chi connectivity index (χ3v) is 2.50. The second-order valence-corrected chi connectivity index (χ2v) is 3.33. The predicted molar refractivity (Wildman–Crippen MR) is 61.7 cm³/mol. The van der Waals surface area contributed by atoms with Crippen LogP contribution < -0.4 is 0 Å². The molecule has 0 heterocycles. The normalized spacial score (nSPS) is 9.67. The van der Waals surface area contributed by atoms with Crippen LogP contribution in [-0.2, 0) is 0 Å². The van der Waals surface area contributed by atoms with Crippen LogP contribution in [0.5, 0.6) is 0 Å². The molecule has 0 aliphatic carbocycles. The molecule has 2 aromatic carbocycles. The fourth-order valence-electron chi connectivity index (χ4n) is 1.40. The molecule has 2 nitrogen and oxygen atoms in total. The summed E-state index contributed by atoms with van der Waals surface area (Å²) in [7, 11) is 0. The van der Waals surface area contributed by atoms with Crippen molar-refractivity contribution < 1.29 is 9.90 Å². The Morgan fingerprint density at radius 1 is 1.13 bits per heavy atom. The second-order valence-electron chi connectivity index (χ2n) is 2.95. The summed E-state index contributed by atoms with van der Waals surface area (Å²) in [6, 6.07) is 10.7. The third kappa shape index (κ3) is 2.29. The quantitative estimate of drug-likeness (QED) is 0.877. The first kappa shape index (κ1) is 12.4. The summed E-state index contributed by atoms with van der Waals surface area (Å²) in [5.74, 6) is -0.999. The molecule has 0 fully saturated rings. The van der Waals surface area contributed by atoms with Crippen LogP contribution in [0.3, 0.4) is 0 Å². The molecule has 0 saturated heterocycles. The molecule has 2 rings (SSSR count). The summed E-state index contributed by atoms with van der Waals surface area (Å²) < 4.78 is 0. The zero-order chi connectivity index (χ0) is 10.1. The molecule has 0 saturated carbocycles. The zero-order valence-electron chi connectivity index (χ0n) is 7.77. The third-order valence-electron chi connectivity index (χ3n) is 2.09. The number of carboxylic acid groups (broad SMARTS) is 1. The first-order valence-electron chi connectivity index (χ1n) is 4.10. The Bertz CT molecular complexity index is 511. The molecular weight excluding hydrogens is 314 g/mol. The molecule has 0 aliphatic heterocycles. The fourth-order valence-corrected chi connectivity index (χ4v) is 1.71. The van der Waals surface area contributed by atoms with Crippen molar-refractivity contribution in [3.8, 4) is 0 Å². The zero-order valence-corrected chi connectivity index (χ0v) is 11.8. The van der Waals surface area contributed by atoms with Gasteiger partial charge in [-0.15, -0.1) is 0 Å². The van der Waals surface area contributed by atoms with E-state index in [0.717, 1.165) is 10.8 Å². The number of aromatic carboxylic acids is 1. The summed E-state index contributed by atoms with van der Waals surface area (Å²) in [6.07, 6.45) is 0. The topological polar surface area (TPSA) is 37.3 Å². The van der Waals surface area contributed by atoms with Crippen molar-refractivity contribution >= 4 is 54.2 Å². The van der Waals surface area contributed by atoms with Gasteiger partial charge in [0.25, 0.3) is 0 Å². The minimum absolute atomic E-state index is 0. The van der Waals surface area contributed by atoms with Crippen molar-refractivity contribution in [3.63, 3.8) is 0 Å². The minimum atomic E-state index is -0.999. The molecule has 0 amide bonds. The maximum atomic E-state index is 10.8. The van der Waals surface area contributed by atoms with Gasteiger partial charge in [-0.3, -0.25) is 0 Å². The molecule has 3 radical (unpaired) electrons. The van der Waals surface area contributed by atoms with Gasteiger partial charge in [-0.25, -0.2) is 4.79 Å². The van der Waals surface area contributed by atoms with Crippen molar-refractivity contribution in [1.82, 2.24) is 0 Å².